The molecular weight excluding hydrogens is 208 g/mol. The number of furan rings is 1. The van der Waals surface area contributed by atoms with Crippen molar-refractivity contribution in [2.24, 2.45) is 0 Å². The molecule has 1 aromatic rings. The van der Waals surface area contributed by atoms with E-state index >= 15 is 0 Å². The molecular formula is C11H16N2O3. The largest absolute Gasteiger partial charge is 0.467 e. The van der Waals surface area contributed by atoms with Crippen molar-refractivity contribution in [3.63, 3.8) is 0 Å². The lowest BCUT2D eigenvalue weighted by molar-refractivity contribution is -0.122. The van der Waals surface area contributed by atoms with Crippen molar-refractivity contribution in [1.82, 2.24) is 10.6 Å². The third kappa shape index (κ3) is 4.63. The average Bonchev–Trinajstić information content (AvgIpc) is 2.79. The van der Waals surface area contributed by atoms with Crippen LogP contribution in [0.15, 0.2) is 22.8 Å². The van der Waals surface area contributed by atoms with Gasteiger partial charge in [-0.25, -0.2) is 0 Å². The van der Waals surface area contributed by atoms with Gasteiger partial charge in [-0.05, 0) is 18.6 Å². The van der Waals surface area contributed by atoms with Crippen molar-refractivity contribution in [3.8, 4) is 0 Å². The van der Waals surface area contributed by atoms with Crippen LogP contribution < -0.4 is 10.6 Å². The molecule has 0 aliphatic carbocycles. The molecule has 0 saturated heterocycles. The fourth-order valence-electron chi connectivity index (χ4n) is 1.22. The van der Waals surface area contributed by atoms with Gasteiger partial charge in [0.05, 0.1) is 12.8 Å². The van der Waals surface area contributed by atoms with Crippen molar-refractivity contribution in [3.05, 3.63) is 24.2 Å². The van der Waals surface area contributed by atoms with Gasteiger partial charge in [0.2, 0.25) is 11.8 Å². The molecule has 2 amide bonds. The van der Waals surface area contributed by atoms with Gasteiger partial charge in [-0.2, -0.15) is 0 Å². The molecule has 0 bridgehead atoms. The molecule has 0 atom stereocenters. The lowest BCUT2D eigenvalue weighted by atomic mass is 10.2. The molecule has 0 saturated carbocycles. The summed E-state index contributed by atoms with van der Waals surface area (Å²) >= 11 is 0. The Hall–Kier alpha value is -1.78. The monoisotopic (exact) mass is 224 g/mol. The number of hydrogen-bond donors (Lipinski definition) is 2. The maximum Gasteiger partial charge on any atom is 0.220 e. The standard InChI is InChI=1S/C11H16N2O3/c1-12-10(14)5-2-6-11(15)13-8-9-4-3-7-16-9/h3-4,7H,2,5-6,8H2,1H3,(H,12,14)(H,13,15). The summed E-state index contributed by atoms with van der Waals surface area (Å²) in [6, 6.07) is 3.57. The van der Waals surface area contributed by atoms with Crippen LogP contribution in [0.25, 0.3) is 0 Å². The Morgan fingerprint density at radius 1 is 1.31 bits per heavy atom. The summed E-state index contributed by atoms with van der Waals surface area (Å²) in [6.07, 6.45) is 2.86. The van der Waals surface area contributed by atoms with Gasteiger partial charge in [0, 0.05) is 19.9 Å². The zero-order valence-corrected chi connectivity index (χ0v) is 9.29. The fraction of sp³-hybridized carbons (Fsp3) is 0.455. The second kappa shape index (κ2) is 6.66. The zero-order chi connectivity index (χ0) is 11.8. The predicted octanol–water partition coefficient (Wildman–Crippen LogP) is 0.812. The Balaban J connectivity index is 2.09. The van der Waals surface area contributed by atoms with E-state index in [9.17, 15) is 9.59 Å². The maximum atomic E-state index is 11.3. The average molecular weight is 224 g/mol. The van der Waals surface area contributed by atoms with E-state index in [1.807, 2.05) is 0 Å². The Labute approximate surface area is 94.2 Å². The van der Waals surface area contributed by atoms with Crippen LogP contribution >= 0.6 is 0 Å². The first-order chi connectivity index (χ1) is 7.72. The third-order valence-corrected chi connectivity index (χ3v) is 2.13. The van der Waals surface area contributed by atoms with Gasteiger partial charge < -0.3 is 15.1 Å². The van der Waals surface area contributed by atoms with E-state index in [0.29, 0.717) is 25.8 Å². The minimum Gasteiger partial charge on any atom is -0.467 e. The molecule has 1 heterocycles. The van der Waals surface area contributed by atoms with E-state index in [1.165, 1.54) is 0 Å². The first-order valence-electron chi connectivity index (χ1n) is 5.22. The van der Waals surface area contributed by atoms with Gasteiger partial charge in [-0.15, -0.1) is 0 Å². The normalized spacial score (nSPS) is 9.81. The Morgan fingerprint density at radius 2 is 2.06 bits per heavy atom. The van der Waals surface area contributed by atoms with Crippen LogP contribution in [-0.2, 0) is 16.1 Å². The Bertz CT molecular complexity index is 333. The molecule has 0 spiro atoms. The van der Waals surface area contributed by atoms with Crippen LogP contribution in [0.3, 0.4) is 0 Å². The number of rotatable bonds is 6. The molecule has 1 aromatic heterocycles. The van der Waals surface area contributed by atoms with E-state index < -0.39 is 0 Å². The highest BCUT2D eigenvalue weighted by Crippen LogP contribution is 2.00. The highest BCUT2D eigenvalue weighted by molar-refractivity contribution is 5.78. The highest BCUT2D eigenvalue weighted by atomic mass is 16.3. The lowest BCUT2D eigenvalue weighted by Gasteiger charge is -2.02. The molecule has 0 unspecified atom stereocenters. The summed E-state index contributed by atoms with van der Waals surface area (Å²) in [4.78, 5) is 22.2. The molecule has 88 valence electrons. The van der Waals surface area contributed by atoms with Crippen molar-refractivity contribution < 1.29 is 14.0 Å². The quantitative estimate of drug-likeness (QED) is 0.751. The number of hydrogen-bond acceptors (Lipinski definition) is 3. The number of nitrogens with one attached hydrogen (secondary N) is 2. The smallest absolute Gasteiger partial charge is 0.220 e. The van der Waals surface area contributed by atoms with Crippen molar-refractivity contribution >= 4 is 11.8 Å². The summed E-state index contributed by atoms with van der Waals surface area (Å²) < 4.78 is 5.07. The third-order valence-electron chi connectivity index (χ3n) is 2.13. The van der Waals surface area contributed by atoms with Gasteiger partial charge in [0.1, 0.15) is 5.76 Å². The van der Waals surface area contributed by atoms with Gasteiger partial charge in [-0.3, -0.25) is 9.59 Å². The van der Waals surface area contributed by atoms with E-state index in [2.05, 4.69) is 10.6 Å². The lowest BCUT2D eigenvalue weighted by Crippen LogP contribution is -2.23. The summed E-state index contributed by atoms with van der Waals surface area (Å²) in [5, 5.41) is 5.22. The summed E-state index contributed by atoms with van der Waals surface area (Å²) in [7, 11) is 1.58. The maximum absolute atomic E-state index is 11.3. The van der Waals surface area contributed by atoms with Crippen molar-refractivity contribution in [1.29, 1.82) is 0 Å². The zero-order valence-electron chi connectivity index (χ0n) is 9.29. The van der Waals surface area contributed by atoms with E-state index in [4.69, 9.17) is 4.42 Å². The SMILES string of the molecule is CNC(=O)CCCC(=O)NCc1ccco1. The van der Waals surface area contributed by atoms with E-state index in [1.54, 1.807) is 25.4 Å². The molecule has 0 aliphatic rings. The summed E-state index contributed by atoms with van der Waals surface area (Å²) in [5.74, 6) is 0.610. The molecule has 1 rings (SSSR count). The van der Waals surface area contributed by atoms with Crippen molar-refractivity contribution in [2.45, 2.75) is 25.8 Å². The van der Waals surface area contributed by atoms with Gasteiger partial charge in [0.15, 0.2) is 0 Å². The minimum absolute atomic E-state index is 0.0427. The molecule has 2 N–H and O–H groups in total. The molecule has 0 fully saturated rings. The van der Waals surface area contributed by atoms with E-state index in [0.717, 1.165) is 5.76 Å². The number of amides is 2. The Kier molecular flexibility index (Phi) is 5.11. The minimum atomic E-state index is -0.0692. The van der Waals surface area contributed by atoms with Gasteiger partial charge in [-0.1, -0.05) is 0 Å². The second-order valence-corrected chi connectivity index (χ2v) is 3.38. The van der Waals surface area contributed by atoms with Crippen LogP contribution in [0.1, 0.15) is 25.0 Å². The van der Waals surface area contributed by atoms with Crippen LogP contribution in [-0.4, -0.2) is 18.9 Å². The van der Waals surface area contributed by atoms with Gasteiger partial charge >= 0.3 is 0 Å². The molecule has 0 radical (unpaired) electrons. The van der Waals surface area contributed by atoms with Gasteiger partial charge in [0.25, 0.3) is 0 Å². The van der Waals surface area contributed by atoms with Crippen LogP contribution in [0.2, 0.25) is 0 Å². The molecule has 0 aliphatic heterocycles. The fourth-order valence-corrected chi connectivity index (χ4v) is 1.22. The topological polar surface area (TPSA) is 71.3 Å². The van der Waals surface area contributed by atoms with E-state index in [-0.39, 0.29) is 11.8 Å². The Morgan fingerprint density at radius 3 is 2.69 bits per heavy atom. The summed E-state index contributed by atoms with van der Waals surface area (Å²) in [6.45, 7) is 0.395. The first kappa shape index (κ1) is 12.3. The number of carbonyl (C=O) groups is 2. The summed E-state index contributed by atoms with van der Waals surface area (Å²) in [5.41, 5.74) is 0. The molecule has 16 heavy (non-hydrogen) atoms. The predicted molar refractivity (Wildman–Crippen MR) is 58.5 cm³/mol. The molecule has 5 heteroatoms. The molecule has 0 aromatic carbocycles. The first-order valence-corrected chi connectivity index (χ1v) is 5.22. The second-order valence-electron chi connectivity index (χ2n) is 3.38. The van der Waals surface area contributed by atoms with Crippen LogP contribution in [0.4, 0.5) is 0 Å². The number of carbonyl (C=O) groups excluding carboxylic acids is 2. The van der Waals surface area contributed by atoms with Crippen molar-refractivity contribution in [2.75, 3.05) is 7.05 Å². The highest BCUT2D eigenvalue weighted by Gasteiger charge is 2.04. The van der Waals surface area contributed by atoms with Crippen LogP contribution in [0.5, 0.6) is 0 Å². The van der Waals surface area contributed by atoms with Crippen LogP contribution in [0, 0.1) is 0 Å². The molecule has 5 nitrogen and oxygen atoms in total.